The summed E-state index contributed by atoms with van der Waals surface area (Å²) < 4.78 is 9.43. The zero-order chi connectivity index (χ0) is 20.1. The third-order valence-electron chi connectivity index (χ3n) is 4.02. The number of carbonyl (C=O) groups is 2. The monoisotopic (exact) mass is 396 g/mol. The maximum atomic E-state index is 13.1. The lowest BCUT2D eigenvalue weighted by Crippen LogP contribution is -2.21. The van der Waals surface area contributed by atoms with E-state index in [9.17, 15) is 9.59 Å². The van der Waals surface area contributed by atoms with Crippen molar-refractivity contribution in [3.63, 3.8) is 0 Å². The molecule has 0 aliphatic heterocycles. The number of amides is 2. The number of benzene rings is 2. The van der Waals surface area contributed by atoms with Gasteiger partial charge in [-0.1, -0.05) is 30.7 Å². The lowest BCUT2D eigenvalue weighted by atomic mass is 9.99. The van der Waals surface area contributed by atoms with E-state index in [1.807, 2.05) is 19.9 Å². The fourth-order valence-electron chi connectivity index (χ4n) is 2.63. The summed E-state index contributed by atoms with van der Waals surface area (Å²) in [5.74, 6) is 0.911. The van der Waals surface area contributed by atoms with Crippen LogP contribution in [0, 0.1) is 6.92 Å². The number of aryl methyl sites for hydroxylation is 2. The predicted octanol–water partition coefficient (Wildman–Crippen LogP) is 4.29. The van der Waals surface area contributed by atoms with Gasteiger partial charge in [0.05, 0.1) is 18.4 Å². The highest BCUT2D eigenvalue weighted by molar-refractivity contribution is 7.09. The molecule has 3 aromatic rings. The summed E-state index contributed by atoms with van der Waals surface area (Å²) in [6, 6.07) is 11.8. The molecule has 2 amide bonds. The molecule has 144 valence electrons. The molecule has 1 heterocycles. The third-order valence-corrected chi connectivity index (χ3v) is 4.69. The number of ether oxygens (including phenoxy) is 1. The molecule has 0 aliphatic rings. The minimum atomic E-state index is -0.489. The van der Waals surface area contributed by atoms with Gasteiger partial charge in [-0.15, -0.1) is 0 Å². The van der Waals surface area contributed by atoms with E-state index in [-0.39, 0.29) is 5.78 Å². The molecule has 0 saturated heterocycles. The highest BCUT2D eigenvalue weighted by atomic mass is 32.1. The van der Waals surface area contributed by atoms with E-state index in [4.69, 9.17) is 4.74 Å². The van der Waals surface area contributed by atoms with E-state index in [2.05, 4.69) is 20.0 Å². The molecule has 0 radical (unpaired) electrons. The van der Waals surface area contributed by atoms with Crippen LogP contribution in [0.1, 0.15) is 34.2 Å². The van der Waals surface area contributed by atoms with Crippen LogP contribution < -0.4 is 15.4 Å². The quantitative estimate of drug-likeness (QED) is 0.606. The maximum absolute atomic E-state index is 13.1. The van der Waals surface area contributed by atoms with E-state index >= 15 is 0 Å². The number of urea groups is 1. The number of aromatic nitrogens is 2. The Morgan fingerprint density at radius 2 is 1.89 bits per heavy atom. The molecule has 0 bridgehead atoms. The smallest absolute Gasteiger partial charge is 0.325 e. The number of ketones is 1. The van der Waals surface area contributed by atoms with Crippen LogP contribution >= 0.6 is 11.5 Å². The largest absolute Gasteiger partial charge is 0.496 e. The highest BCUT2D eigenvalue weighted by Crippen LogP contribution is 2.26. The number of hydrogen-bond donors (Lipinski definition) is 2. The van der Waals surface area contributed by atoms with Crippen molar-refractivity contribution in [1.82, 2.24) is 9.36 Å². The molecule has 2 aromatic carbocycles. The number of hydrogen-bond acceptors (Lipinski definition) is 6. The Hall–Kier alpha value is -3.26. The van der Waals surface area contributed by atoms with Crippen molar-refractivity contribution in [2.24, 2.45) is 0 Å². The first-order chi connectivity index (χ1) is 13.5. The second-order valence-electron chi connectivity index (χ2n) is 6.03. The number of carbonyl (C=O) groups excluding carboxylic acids is 2. The van der Waals surface area contributed by atoms with Gasteiger partial charge in [0.2, 0.25) is 5.13 Å². The second kappa shape index (κ2) is 8.62. The Morgan fingerprint density at radius 1 is 1.11 bits per heavy atom. The highest BCUT2D eigenvalue weighted by Gasteiger charge is 2.19. The van der Waals surface area contributed by atoms with Crippen LogP contribution in [-0.2, 0) is 6.42 Å². The van der Waals surface area contributed by atoms with Crippen LogP contribution in [0.2, 0.25) is 0 Å². The van der Waals surface area contributed by atoms with Crippen molar-refractivity contribution in [3.05, 3.63) is 65.0 Å². The van der Waals surface area contributed by atoms with E-state index < -0.39 is 6.03 Å². The summed E-state index contributed by atoms with van der Waals surface area (Å²) >= 11 is 1.11. The minimum Gasteiger partial charge on any atom is -0.496 e. The molecule has 3 rings (SSSR count). The van der Waals surface area contributed by atoms with E-state index in [0.717, 1.165) is 17.1 Å². The topological polar surface area (TPSA) is 93.2 Å². The molecule has 0 unspecified atom stereocenters. The standard InChI is InChI=1S/C20H20N4O3S/c1-4-17-22-20(28-24-17)23-19(26)21-15-10-9-12(2)11-14(15)18(25)13-7-5-6-8-16(13)27-3/h5-11H,4H2,1-3H3,(H2,21,22,23,24,26). The molecule has 0 atom stereocenters. The van der Waals surface area contributed by atoms with Gasteiger partial charge in [0.15, 0.2) is 5.78 Å². The van der Waals surface area contributed by atoms with Gasteiger partial charge in [0.1, 0.15) is 11.6 Å². The molecule has 0 fully saturated rings. The van der Waals surface area contributed by atoms with Crippen LogP contribution in [-0.4, -0.2) is 28.3 Å². The summed E-state index contributed by atoms with van der Waals surface area (Å²) in [4.78, 5) is 29.7. The molecule has 1 aromatic heterocycles. The number of nitrogens with one attached hydrogen (secondary N) is 2. The third kappa shape index (κ3) is 4.34. The van der Waals surface area contributed by atoms with Crippen LogP contribution in [0.3, 0.4) is 0 Å². The number of nitrogens with zero attached hydrogens (tertiary/aromatic N) is 2. The van der Waals surface area contributed by atoms with Crippen molar-refractivity contribution >= 4 is 34.2 Å². The molecule has 7 nitrogen and oxygen atoms in total. The molecule has 0 saturated carbocycles. The summed E-state index contributed by atoms with van der Waals surface area (Å²) in [6.45, 7) is 3.82. The Morgan fingerprint density at radius 3 is 2.61 bits per heavy atom. The zero-order valence-corrected chi connectivity index (χ0v) is 16.6. The van der Waals surface area contributed by atoms with Gasteiger partial charge in [-0.2, -0.15) is 4.37 Å². The Bertz CT molecular complexity index is 1020. The van der Waals surface area contributed by atoms with Crippen LogP contribution in [0.15, 0.2) is 42.5 Å². The first-order valence-electron chi connectivity index (χ1n) is 8.70. The van der Waals surface area contributed by atoms with Gasteiger partial charge in [-0.05, 0) is 31.2 Å². The summed E-state index contributed by atoms with van der Waals surface area (Å²) in [5.41, 5.74) is 2.11. The second-order valence-corrected chi connectivity index (χ2v) is 6.78. The Kier molecular flexibility index (Phi) is 6.00. The van der Waals surface area contributed by atoms with Crippen molar-refractivity contribution in [2.45, 2.75) is 20.3 Å². The summed E-state index contributed by atoms with van der Waals surface area (Å²) in [7, 11) is 1.52. The van der Waals surface area contributed by atoms with Gasteiger partial charge in [0, 0.05) is 23.5 Å². The molecule has 0 aliphatic carbocycles. The van der Waals surface area contributed by atoms with Crippen molar-refractivity contribution < 1.29 is 14.3 Å². The first kappa shape index (κ1) is 19.5. The van der Waals surface area contributed by atoms with Crippen molar-refractivity contribution in [2.75, 3.05) is 17.7 Å². The fourth-order valence-corrected chi connectivity index (χ4v) is 3.28. The maximum Gasteiger partial charge on any atom is 0.325 e. The Labute approximate surface area is 166 Å². The van der Waals surface area contributed by atoms with E-state index in [1.54, 1.807) is 36.4 Å². The van der Waals surface area contributed by atoms with Gasteiger partial charge in [0.25, 0.3) is 0 Å². The minimum absolute atomic E-state index is 0.236. The SMILES string of the molecule is CCc1nsc(NC(=O)Nc2ccc(C)cc2C(=O)c2ccccc2OC)n1. The lowest BCUT2D eigenvalue weighted by Gasteiger charge is -2.13. The molecule has 2 N–H and O–H groups in total. The van der Waals surface area contributed by atoms with Crippen LogP contribution in [0.5, 0.6) is 5.75 Å². The first-order valence-corrected chi connectivity index (χ1v) is 9.48. The van der Waals surface area contributed by atoms with Gasteiger partial charge in [-0.3, -0.25) is 10.1 Å². The normalized spacial score (nSPS) is 10.4. The van der Waals surface area contributed by atoms with Crippen LogP contribution in [0.25, 0.3) is 0 Å². The van der Waals surface area contributed by atoms with Gasteiger partial charge >= 0.3 is 6.03 Å². The average Bonchev–Trinajstić information content (AvgIpc) is 3.16. The van der Waals surface area contributed by atoms with Gasteiger partial charge in [-0.25, -0.2) is 9.78 Å². The number of rotatable bonds is 6. The zero-order valence-electron chi connectivity index (χ0n) is 15.8. The predicted molar refractivity (Wildman–Crippen MR) is 110 cm³/mol. The number of para-hydroxylation sites is 1. The molecule has 28 heavy (non-hydrogen) atoms. The number of anilines is 2. The Balaban J connectivity index is 1.86. The van der Waals surface area contributed by atoms with Crippen molar-refractivity contribution in [1.29, 1.82) is 0 Å². The molecular formula is C20H20N4O3S. The molecule has 8 heteroatoms. The van der Waals surface area contributed by atoms with Crippen LogP contribution in [0.4, 0.5) is 15.6 Å². The molecule has 0 spiro atoms. The lowest BCUT2D eigenvalue weighted by molar-refractivity contribution is 0.103. The molecular weight excluding hydrogens is 376 g/mol. The summed E-state index contributed by atoms with van der Waals surface area (Å²) in [5, 5.41) is 5.78. The van der Waals surface area contributed by atoms with Gasteiger partial charge < -0.3 is 10.1 Å². The number of methoxy groups -OCH3 is 1. The van der Waals surface area contributed by atoms with Crippen molar-refractivity contribution in [3.8, 4) is 5.75 Å². The average molecular weight is 396 g/mol. The van der Waals surface area contributed by atoms with E-state index in [1.165, 1.54) is 7.11 Å². The fraction of sp³-hybridized carbons (Fsp3) is 0.200. The van der Waals surface area contributed by atoms with E-state index in [0.29, 0.717) is 39.9 Å². The summed E-state index contributed by atoms with van der Waals surface area (Å²) in [6.07, 6.45) is 0.690.